The van der Waals surface area contributed by atoms with E-state index in [9.17, 15) is 4.79 Å². The Morgan fingerprint density at radius 3 is 2.27 bits per heavy atom. The number of carbonyl (C=O) groups is 1. The first-order valence-electron chi connectivity index (χ1n) is 3.59. The molecule has 4 heteroatoms. The van der Waals surface area contributed by atoms with Crippen molar-refractivity contribution in [1.29, 1.82) is 0 Å². The average molecular weight is 161 g/mol. The summed E-state index contributed by atoms with van der Waals surface area (Å²) in [6.07, 6.45) is 1.88. The average Bonchev–Trinajstić information content (AvgIpc) is 2.08. The quantitative estimate of drug-likeness (QED) is 0.556. The first-order chi connectivity index (χ1) is 4.54. The molecular weight excluding hydrogens is 146 g/mol. The van der Waals surface area contributed by atoms with Crippen molar-refractivity contribution in [3.63, 3.8) is 0 Å². The van der Waals surface area contributed by atoms with Gasteiger partial charge in [0.1, 0.15) is 0 Å². The number of quaternary nitrogens is 1. The molecule has 0 amide bonds. The van der Waals surface area contributed by atoms with Crippen LogP contribution in [0.4, 0.5) is 0 Å². The maximum atomic E-state index is 10.6. The highest BCUT2D eigenvalue weighted by molar-refractivity contribution is 5.72. The molecule has 1 saturated heterocycles. The van der Waals surface area contributed by atoms with Crippen LogP contribution in [0, 0.1) is 0 Å². The standard InChI is InChI=1S/C7H13NO2.H2O/c1-8(2)5-3-4-6(8)7(9)10;/h6H,3-5H2,1-2H3;1H2. The molecule has 66 valence electrons. The van der Waals surface area contributed by atoms with Crippen molar-refractivity contribution >= 4 is 5.97 Å². The molecule has 1 aliphatic heterocycles. The number of likely N-dealkylation sites (N-methyl/N-ethyl adjacent to an activating group) is 1. The van der Waals surface area contributed by atoms with Crippen LogP contribution < -0.4 is 0 Å². The number of rotatable bonds is 1. The number of aliphatic carboxylic acids is 1. The van der Waals surface area contributed by atoms with Crippen molar-refractivity contribution in [2.45, 2.75) is 18.9 Å². The molecule has 0 radical (unpaired) electrons. The summed E-state index contributed by atoms with van der Waals surface area (Å²) in [4.78, 5) is 10.6. The van der Waals surface area contributed by atoms with Crippen molar-refractivity contribution in [1.82, 2.24) is 0 Å². The molecule has 0 aromatic carbocycles. The number of hydrogen-bond acceptors (Lipinski definition) is 2. The summed E-state index contributed by atoms with van der Waals surface area (Å²) in [6, 6.07) is -0.167. The molecule has 4 nitrogen and oxygen atoms in total. The van der Waals surface area contributed by atoms with Gasteiger partial charge in [0, 0.05) is 12.8 Å². The monoisotopic (exact) mass is 161 g/mol. The fraction of sp³-hybridized carbons (Fsp3) is 0.857. The van der Waals surface area contributed by atoms with Gasteiger partial charge in [-0.1, -0.05) is 0 Å². The normalized spacial score (nSPS) is 27.6. The summed E-state index contributed by atoms with van der Waals surface area (Å²) < 4.78 is 0.648. The van der Waals surface area contributed by atoms with Crippen LogP contribution in [0.2, 0.25) is 0 Å². The van der Waals surface area contributed by atoms with Crippen LogP contribution in [-0.2, 0) is 4.79 Å². The van der Waals surface area contributed by atoms with Gasteiger partial charge in [-0.15, -0.1) is 0 Å². The zero-order valence-corrected chi connectivity index (χ0v) is 6.95. The Morgan fingerprint density at radius 1 is 1.55 bits per heavy atom. The summed E-state index contributed by atoms with van der Waals surface area (Å²) in [6.45, 7) is 0.997. The van der Waals surface area contributed by atoms with Gasteiger partial charge >= 0.3 is 5.97 Å². The summed E-state index contributed by atoms with van der Waals surface area (Å²) in [5.41, 5.74) is 0. The van der Waals surface area contributed by atoms with Gasteiger partial charge in [-0.25, -0.2) is 4.79 Å². The fourth-order valence-corrected chi connectivity index (χ4v) is 1.62. The lowest BCUT2D eigenvalue weighted by atomic mass is 10.2. The second-order valence-electron chi connectivity index (χ2n) is 3.50. The van der Waals surface area contributed by atoms with Crippen LogP contribution in [0.3, 0.4) is 0 Å². The van der Waals surface area contributed by atoms with E-state index in [1.807, 2.05) is 14.1 Å². The first kappa shape index (κ1) is 10.4. The summed E-state index contributed by atoms with van der Waals surface area (Å²) in [5.74, 6) is -0.650. The van der Waals surface area contributed by atoms with Gasteiger partial charge in [0.25, 0.3) is 0 Å². The molecule has 1 atom stereocenters. The summed E-state index contributed by atoms with van der Waals surface area (Å²) in [7, 11) is 3.96. The van der Waals surface area contributed by atoms with Crippen molar-refractivity contribution in [3.05, 3.63) is 0 Å². The van der Waals surface area contributed by atoms with Crippen molar-refractivity contribution in [3.8, 4) is 0 Å². The lowest BCUT2D eigenvalue weighted by Gasteiger charge is -2.28. The Kier molecular flexibility index (Phi) is 3.02. The molecule has 0 aliphatic carbocycles. The van der Waals surface area contributed by atoms with Crippen LogP contribution in [0.15, 0.2) is 0 Å². The van der Waals surface area contributed by atoms with E-state index >= 15 is 0 Å². The van der Waals surface area contributed by atoms with Gasteiger partial charge in [0.15, 0.2) is 6.04 Å². The smallest absolute Gasteiger partial charge is 0.362 e. The van der Waals surface area contributed by atoms with Crippen LogP contribution in [0.25, 0.3) is 0 Å². The second kappa shape index (κ2) is 3.19. The minimum Gasteiger partial charge on any atom is -0.870 e. The Bertz CT molecular complexity index is 156. The lowest BCUT2D eigenvalue weighted by Crippen LogP contribution is -2.48. The largest absolute Gasteiger partial charge is 0.870 e. The van der Waals surface area contributed by atoms with Gasteiger partial charge in [0.05, 0.1) is 20.6 Å². The predicted octanol–water partition coefficient (Wildman–Crippen LogP) is 0.133. The third kappa shape index (κ3) is 1.91. The third-order valence-corrected chi connectivity index (χ3v) is 2.34. The molecule has 0 aromatic rings. The molecule has 0 saturated carbocycles. The zero-order chi connectivity index (χ0) is 7.78. The van der Waals surface area contributed by atoms with Gasteiger partial charge in [0.2, 0.25) is 0 Å². The van der Waals surface area contributed by atoms with Crippen LogP contribution in [0.1, 0.15) is 12.8 Å². The molecule has 1 aliphatic rings. The highest BCUT2D eigenvalue weighted by Crippen LogP contribution is 2.21. The molecule has 1 fully saturated rings. The molecule has 0 spiro atoms. The van der Waals surface area contributed by atoms with E-state index < -0.39 is 5.97 Å². The first-order valence-corrected chi connectivity index (χ1v) is 3.59. The molecular formula is C7H15NO3. The van der Waals surface area contributed by atoms with E-state index in [0.29, 0.717) is 4.48 Å². The van der Waals surface area contributed by atoms with E-state index in [0.717, 1.165) is 19.4 Å². The van der Waals surface area contributed by atoms with E-state index in [-0.39, 0.29) is 11.5 Å². The van der Waals surface area contributed by atoms with Crippen LogP contribution in [-0.4, -0.2) is 47.7 Å². The van der Waals surface area contributed by atoms with Gasteiger partial charge in [-0.05, 0) is 0 Å². The Labute approximate surface area is 66.3 Å². The zero-order valence-electron chi connectivity index (χ0n) is 6.95. The molecule has 11 heavy (non-hydrogen) atoms. The molecule has 2 N–H and O–H groups in total. The van der Waals surface area contributed by atoms with Crippen molar-refractivity contribution < 1.29 is 19.9 Å². The topological polar surface area (TPSA) is 67.3 Å². The van der Waals surface area contributed by atoms with Crippen molar-refractivity contribution in [2.24, 2.45) is 0 Å². The Morgan fingerprint density at radius 2 is 2.09 bits per heavy atom. The van der Waals surface area contributed by atoms with E-state index in [2.05, 4.69) is 0 Å². The molecule has 0 aromatic heterocycles. The number of hydrogen-bond donors (Lipinski definition) is 1. The lowest BCUT2D eigenvalue weighted by molar-refractivity contribution is -0.893. The number of carboxylic acids is 1. The van der Waals surface area contributed by atoms with Crippen molar-refractivity contribution in [2.75, 3.05) is 20.6 Å². The highest BCUT2D eigenvalue weighted by Gasteiger charge is 2.39. The SMILES string of the molecule is C[N+]1(C)CCCC1C(=O)O.[OH-]. The summed E-state index contributed by atoms with van der Waals surface area (Å²) >= 11 is 0. The molecule has 1 rings (SSSR count). The van der Waals surface area contributed by atoms with E-state index in [4.69, 9.17) is 5.11 Å². The minimum atomic E-state index is -0.650. The Hall–Kier alpha value is -0.610. The van der Waals surface area contributed by atoms with Crippen LogP contribution >= 0.6 is 0 Å². The van der Waals surface area contributed by atoms with Gasteiger partial charge < -0.3 is 15.1 Å². The molecule has 1 unspecified atom stereocenters. The maximum absolute atomic E-state index is 10.6. The maximum Gasteiger partial charge on any atom is 0.362 e. The fourth-order valence-electron chi connectivity index (χ4n) is 1.62. The number of likely N-dealkylation sites (tertiary alicyclic amines) is 1. The minimum absolute atomic E-state index is 0. The van der Waals surface area contributed by atoms with E-state index in [1.54, 1.807) is 0 Å². The van der Waals surface area contributed by atoms with Crippen LogP contribution in [0.5, 0.6) is 0 Å². The second-order valence-corrected chi connectivity index (χ2v) is 3.50. The number of carboxylic acid groups (broad SMARTS) is 1. The van der Waals surface area contributed by atoms with E-state index in [1.165, 1.54) is 0 Å². The predicted molar refractivity (Wildman–Crippen MR) is 39.6 cm³/mol. The molecule has 1 heterocycles. The molecule has 0 bridgehead atoms. The Balaban J connectivity index is 0.000001000. The van der Waals surface area contributed by atoms with Gasteiger partial charge in [-0.3, -0.25) is 0 Å². The highest BCUT2D eigenvalue weighted by atomic mass is 16.4. The summed E-state index contributed by atoms with van der Waals surface area (Å²) in [5, 5.41) is 8.73. The number of nitrogens with zero attached hydrogens (tertiary/aromatic N) is 1. The van der Waals surface area contributed by atoms with Gasteiger partial charge in [-0.2, -0.15) is 0 Å². The third-order valence-electron chi connectivity index (χ3n) is 2.34.